The number of halogens is 1. The van der Waals surface area contributed by atoms with E-state index in [0.29, 0.717) is 18.6 Å². The minimum atomic E-state index is -0.448. The fourth-order valence-electron chi connectivity index (χ4n) is 4.93. The molecule has 1 heterocycles. The maximum atomic E-state index is 14.7. The first kappa shape index (κ1) is 24.5. The number of benzene rings is 1. The molecular formula is C29H37FN2O2. The van der Waals surface area contributed by atoms with Gasteiger partial charge in [0, 0.05) is 18.0 Å². The summed E-state index contributed by atoms with van der Waals surface area (Å²) in [6, 6.07) is 7.56. The Bertz CT molecular complexity index is 982. The van der Waals surface area contributed by atoms with Crippen LogP contribution in [0.25, 0.3) is 0 Å². The number of likely N-dealkylation sites (tertiary alicyclic amines) is 1. The molecule has 5 heteroatoms. The second-order valence-corrected chi connectivity index (χ2v) is 9.64. The molecule has 1 aliphatic heterocycles. The average molecular weight is 465 g/mol. The Balaban J connectivity index is 1.31. The Hall–Kier alpha value is -2.66. The van der Waals surface area contributed by atoms with Crippen LogP contribution in [-0.4, -0.2) is 37.0 Å². The lowest BCUT2D eigenvalue weighted by Crippen LogP contribution is -2.42. The first-order chi connectivity index (χ1) is 16.5. The third-order valence-electron chi connectivity index (χ3n) is 7.10. The molecule has 3 aliphatic rings. The van der Waals surface area contributed by atoms with Crippen molar-refractivity contribution >= 4 is 5.91 Å². The summed E-state index contributed by atoms with van der Waals surface area (Å²) < 4.78 is 20.7. The number of carbonyl (C=O) groups is 1. The molecule has 1 fully saturated rings. The van der Waals surface area contributed by atoms with Crippen LogP contribution in [0.5, 0.6) is 0 Å². The normalized spacial score (nSPS) is 20.6. The Morgan fingerprint density at radius 2 is 1.71 bits per heavy atom. The summed E-state index contributed by atoms with van der Waals surface area (Å²) in [7, 11) is 0. The van der Waals surface area contributed by atoms with Gasteiger partial charge < -0.3 is 10.1 Å². The number of allylic oxidation sites excluding steroid dienone is 5. The minimum absolute atomic E-state index is 0.0221. The first-order valence-electron chi connectivity index (χ1n) is 12.7. The molecule has 0 radical (unpaired) electrons. The predicted octanol–water partition coefficient (Wildman–Crippen LogP) is 6.08. The molecule has 4 rings (SSSR count). The summed E-state index contributed by atoms with van der Waals surface area (Å²) in [5.74, 6) is 0.771. The van der Waals surface area contributed by atoms with Crippen LogP contribution >= 0.6 is 0 Å². The van der Waals surface area contributed by atoms with Crippen LogP contribution in [0.4, 0.5) is 4.39 Å². The molecule has 0 bridgehead atoms. The maximum absolute atomic E-state index is 14.7. The molecule has 1 atom stereocenters. The van der Waals surface area contributed by atoms with Crippen molar-refractivity contribution in [1.82, 2.24) is 10.2 Å². The first-order valence-corrected chi connectivity index (χ1v) is 12.7. The van der Waals surface area contributed by atoms with E-state index in [1.54, 1.807) is 6.08 Å². The number of aryl methyl sites for hydroxylation is 1. The largest absolute Gasteiger partial charge is 0.492 e. The van der Waals surface area contributed by atoms with Gasteiger partial charge in [-0.3, -0.25) is 9.69 Å². The third kappa shape index (κ3) is 6.26. The molecule has 0 saturated carbocycles. The van der Waals surface area contributed by atoms with Gasteiger partial charge in [-0.15, -0.1) is 0 Å². The average Bonchev–Trinajstić information content (AvgIpc) is 2.85. The number of rotatable bonds is 8. The van der Waals surface area contributed by atoms with Gasteiger partial charge in [0.05, 0.1) is 6.04 Å². The van der Waals surface area contributed by atoms with Gasteiger partial charge in [-0.2, -0.15) is 0 Å². The summed E-state index contributed by atoms with van der Waals surface area (Å²) in [5, 5.41) is 3.18. The van der Waals surface area contributed by atoms with Crippen molar-refractivity contribution in [2.75, 3.05) is 26.2 Å². The van der Waals surface area contributed by atoms with E-state index in [1.807, 2.05) is 37.3 Å². The Morgan fingerprint density at radius 1 is 1.03 bits per heavy atom. The molecule has 2 aliphatic carbocycles. The van der Waals surface area contributed by atoms with Gasteiger partial charge in [-0.1, -0.05) is 42.0 Å². The summed E-state index contributed by atoms with van der Waals surface area (Å²) in [5.41, 5.74) is 3.87. The van der Waals surface area contributed by atoms with Crippen molar-refractivity contribution in [1.29, 1.82) is 0 Å². The van der Waals surface area contributed by atoms with Crippen molar-refractivity contribution in [3.63, 3.8) is 0 Å². The van der Waals surface area contributed by atoms with Crippen molar-refractivity contribution in [3.8, 4) is 0 Å². The van der Waals surface area contributed by atoms with Gasteiger partial charge in [0.2, 0.25) is 5.91 Å². The molecule has 1 N–H and O–H groups in total. The van der Waals surface area contributed by atoms with Crippen LogP contribution in [0, 0.1) is 12.8 Å². The van der Waals surface area contributed by atoms with E-state index in [1.165, 1.54) is 5.57 Å². The molecule has 4 nitrogen and oxygen atoms in total. The lowest BCUT2D eigenvalue weighted by Gasteiger charge is -2.32. The molecule has 0 aromatic heterocycles. The van der Waals surface area contributed by atoms with Crippen LogP contribution < -0.4 is 5.32 Å². The van der Waals surface area contributed by atoms with Crippen LogP contribution in [-0.2, 0) is 9.53 Å². The molecule has 0 spiro atoms. The summed E-state index contributed by atoms with van der Waals surface area (Å²) >= 11 is 0. The summed E-state index contributed by atoms with van der Waals surface area (Å²) in [6.45, 7) is 7.42. The van der Waals surface area contributed by atoms with Gasteiger partial charge in [-0.25, -0.2) is 4.39 Å². The predicted molar refractivity (Wildman–Crippen MR) is 135 cm³/mol. The van der Waals surface area contributed by atoms with Gasteiger partial charge in [0.1, 0.15) is 18.2 Å². The molecule has 182 valence electrons. The number of nitrogens with zero attached hydrogens (tertiary/aromatic N) is 1. The number of piperidine rings is 1. The Labute approximate surface area is 203 Å². The monoisotopic (exact) mass is 464 g/mol. The highest BCUT2D eigenvalue weighted by molar-refractivity contribution is 5.80. The minimum Gasteiger partial charge on any atom is -0.492 e. The lowest BCUT2D eigenvalue weighted by atomic mass is 9.90. The van der Waals surface area contributed by atoms with E-state index in [9.17, 15) is 9.18 Å². The highest BCUT2D eigenvalue weighted by atomic mass is 19.1. The molecular weight excluding hydrogens is 427 g/mol. The van der Waals surface area contributed by atoms with Crippen molar-refractivity contribution in [3.05, 3.63) is 82.4 Å². The smallest absolute Gasteiger partial charge is 0.223 e. The number of hydrogen-bond donors (Lipinski definition) is 1. The van der Waals surface area contributed by atoms with E-state index >= 15 is 0 Å². The molecule has 1 saturated heterocycles. The zero-order chi connectivity index (χ0) is 23.9. The summed E-state index contributed by atoms with van der Waals surface area (Å²) in [4.78, 5) is 15.6. The van der Waals surface area contributed by atoms with E-state index in [0.717, 1.165) is 68.6 Å². The fraction of sp³-hybridized carbons (Fsp3) is 0.483. The van der Waals surface area contributed by atoms with Crippen LogP contribution in [0.3, 0.4) is 0 Å². The van der Waals surface area contributed by atoms with Gasteiger partial charge in [0.15, 0.2) is 0 Å². The van der Waals surface area contributed by atoms with Gasteiger partial charge in [-0.05, 0) is 88.8 Å². The fourth-order valence-corrected chi connectivity index (χ4v) is 4.93. The molecule has 1 aromatic rings. The van der Waals surface area contributed by atoms with Crippen LogP contribution in [0.2, 0.25) is 0 Å². The highest BCUT2D eigenvalue weighted by Gasteiger charge is 2.29. The Kier molecular flexibility index (Phi) is 8.39. The maximum Gasteiger partial charge on any atom is 0.223 e. The van der Waals surface area contributed by atoms with Crippen molar-refractivity contribution < 1.29 is 13.9 Å². The lowest BCUT2D eigenvalue weighted by molar-refractivity contribution is -0.127. The number of hydrogen-bond acceptors (Lipinski definition) is 3. The topological polar surface area (TPSA) is 41.6 Å². The van der Waals surface area contributed by atoms with Crippen molar-refractivity contribution in [2.45, 2.75) is 58.4 Å². The van der Waals surface area contributed by atoms with Crippen LogP contribution in [0.1, 0.15) is 62.6 Å². The van der Waals surface area contributed by atoms with E-state index in [2.05, 4.69) is 29.3 Å². The quantitative estimate of drug-likeness (QED) is 0.507. The number of nitrogens with one attached hydrogen (secondary N) is 1. The number of amides is 1. The van der Waals surface area contributed by atoms with Crippen molar-refractivity contribution in [2.24, 2.45) is 5.92 Å². The van der Waals surface area contributed by atoms with Crippen LogP contribution in [0.15, 0.2) is 71.3 Å². The van der Waals surface area contributed by atoms with Gasteiger partial charge >= 0.3 is 0 Å². The second kappa shape index (κ2) is 11.7. The standard InChI is InChI=1S/C29H37FN2O2/c1-21-11-13-23(14-12-21)28(25-8-4-5-9-26(25)30)31-29(33)24-15-17-32(18-16-24)19-20-34-27-10-6-3-7-22(27)2/h7-14,24,28H,3-6,15-20H2,1-2H3,(H,31,33). The molecule has 1 unspecified atom stereocenters. The third-order valence-corrected chi connectivity index (χ3v) is 7.10. The zero-order valence-electron chi connectivity index (χ0n) is 20.5. The molecule has 1 aromatic carbocycles. The van der Waals surface area contributed by atoms with E-state index < -0.39 is 6.04 Å². The number of carbonyl (C=O) groups excluding carboxylic acids is 1. The van der Waals surface area contributed by atoms with E-state index in [4.69, 9.17) is 4.74 Å². The SMILES string of the molecule is CC1=CCCC=C1OCCN1CCC(C(=O)NC(C2=CCCC=C2F)c2ccc(C)cc2)CC1. The second-order valence-electron chi connectivity index (χ2n) is 9.64. The highest BCUT2D eigenvalue weighted by Crippen LogP contribution is 2.33. The number of ether oxygens (including phenoxy) is 1. The molecule has 34 heavy (non-hydrogen) atoms. The Morgan fingerprint density at radius 3 is 2.41 bits per heavy atom. The molecule has 1 amide bonds. The van der Waals surface area contributed by atoms with Gasteiger partial charge in [0.25, 0.3) is 0 Å². The van der Waals surface area contributed by atoms with E-state index in [-0.39, 0.29) is 17.7 Å². The summed E-state index contributed by atoms with van der Waals surface area (Å²) in [6.07, 6.45) is 13.2. The zero-order valence-corrected chi connectivity index (χ0v) is 20.5.